The minimum Gasteiger partial charge on any atom is -0.465 e. The first kappa shape index (κ1) is 13.6. The highest BCUT2D eigenvalue weighted by Crippen LogP contribution is 2.12. The molecule has 0 aliphatic carbocycles. The van der Waals surface area contributed by atoms with Crippen molar-refractivity contribution in [1.82, 2.24) is 0 Å². The molecule has 1 rings (SSSR count). The first-order valence-corrected chi connectivity index (χ1v) is 7.15. The molecule has 0 aromatic heterocycles. The van der Waals surface area contributed by atoms with E-state index < -0.39 is 0 Å². The van der Waals surface area contributed by atoms with Crippen molar-refractivity contribution in [3.05, 3.63) is 34.3 Å². The van der Waals surface area contributed by atoms with Gasteiger partial charge in [-0.15, -0.1) is 11.8 Å². The van der Waals surface area contributed by atoms with Gasteiger partial charge in [0.15, 0.2) is 0 Å². The van der Waals surface area contributed by atoms with E-state index >= 15 is 0 Å². The highest BCUT2D eigenvalue weighted by molar-refractivity contribution is 9.10. The van der Waals surface area contributed by atoms with E-state index in [-0.39, 0.29) is 5.97 Å². The minimum atomic E-state index is -0.122. The molecular weight excluding hydrogens is 288 g/mol. The fraction of sp³-hybridized carbons (Fsp3) is 0.417. The van der Waals surface area contributed by atoms with Gasteiger partial charge in [-0.3, -0.25) is 4.79 Å². The highest BCUT2D eigenvalue weighted by atomic mass is 79.9. The third-order valence-corrected chi connectivity index (χ3v) is 3.43. The van der Waals surface area contributed by atoms with Crippen molar-refractivity contribution >= 4 is 33.7 Å². The molecule has 1 aromatic carbocycles. The second-order valence-corrected chi connectivity index (χ2v) is 5.25. The van der Waals surface area contributed by atoms with Crippen molar-refractivity contribution in [3.63, 3.8) is 0 Å². The van der Waals surface area contributed by atoms with Crippen molar-refractivity contribution in [3.8, 4) is 0 Å². The molecule has 0 bridgehead atoms. The summed E-state index contributed by atoms with van der Waals surface area (Å²) in [6.45, 7) is 2.29. The van der Waals surface area contributed by atoms with Crippen LogP contribution in [0.15, 0.2) is 28.7 Å². The minimum absolute atomic E-state index is 0.122. The van der Waals surface area contributed by atoms with E-state index in [4.69, 9.17) is 4.74 Å². The van der Waals surface area contributed by atoms with Gasteiger partial charge in [-0.25, -0.2) is 0 Å². The van der Waals surface area contributed by atoms with Crippen molar-refractivity contribution < 1.29 is 9.53 Å². The maximum Gasteiger partial charge on any atom is 0.315 e. The molecule has 0 N–H and O–H groups in total. The van der Waals surface area contributed by atoms with Crippen LogP contribution in [0.3, 0.4) is 0 Å². The zero-order valence-corrected chi connectivity index (χ0v) is 11.6. The number of hydrogen-bond donors (Lipinski definition) is 0. The van der Waals surface area contributed by atoms with E-state index in [0.717, 1.165) is 16.6 Å². The van der Waals surface area contributed by atoms with Crippen LogP contribution in [0.5, 0.6) is 0 Å². The van der Waals surface area contributed by atoms with E-state index in [2.05, 4.69) is 28.1 Å². The molecular formula is C12H15BrO2S. The lowest BCUT2D eigenvalue weighted by atomic mass is 10.2. The van der Waals surface area contributed by atoms with Gasteiger partial charge in [0.25, 0.3) is 0 Å². The molecule has 16 heavy (non-hydrogen) atoms. The first-order valence-electron chi connectivity index (χ1n) is 5.20. The van der Waals surface area contributed by atoms with E-state index in [1.54, 1.807) is 11.8 Å². The molecule has 0 spiro atoms. The lowest BCUT2D eigenvalue weighted by molar-refractivity contribution is -0.139. The lowest BCUT2D eigenvalue weighted by Crippen LogP contribution is -2.07. The second kappa shape index (κ2) is 7.74. The summed E-state index contributed by atoms with van der Waals surface area (Å²) < 4.78 is 5.94. The number of halogens is 1. The molecule has 88 valence electrons. The molecule has 0 aliphatic rings. The smallest absolute Gasteiger partial charge is 0.315 e. The van der Waals surface area contributed by atoms with Crippen LogP contribution in [0, 0.1) is 0 Å². The van der Waals surface area contributed by atoms with Gasteiger partial charge in [-0.2, -0.15) is 0 Å². The Kier molecular flexibility index (Phi) is 6.57. The molecule has 4 heteroatoms. The number of esters is 1. The molecule has 0 unspecified atom stereocenters. The quantitative estimate of drug-likeness (QED) is 0.596. The Morgan fingerprint density at radius 3 is 2.69 bits per heavy atom. The molecule has 0 aliphatic heterocycles. The number of benzene rings is 1. The van der Waals surface area contributed by atoms with Crippen molar-refractivity contribution in [2.45, 2.75) is 13.3 Å². The molecule has 0 amide bonds. The summed E-state index contributed by atoms with van der Waals surface area (Å²) in [4.78, 5) is 11.0. The van der Waals surface area contributed by atoms with E-state index in [1.165, 1.54) is 5.56 Å². The Bertz CT molecular complexity index is 324. The van der Waals surface area contributed by atoms with Gasteiger partial charge >= 0.3 is 5.97 Å². The summed E-state index contributed by atoms with van der Waals surface area (Å²) in [5.41, 5.74) is 1.29. The van der Waals surface area contributed by atoms with Gasteiger partial charge in [-0.1, -0.05) is 28.1 Å². The Labute approximate surface area is 109 Å². The largest absolute Gasteiger partial charge is 0.465 e. The van der Waals surface area contributed by atoms with Crippen LogP contribution >= 0.6 is 27.7 Å². The summed E-state index contributed by atoms with van der Waals surface area (Å²) in [7, 11) is 0. The van der Waals surface area contributed by atoms with Crippen molar-refractivity contribution in [2.24, 2.45) is 0 Å². The molecule has 0 atom stereocenters. The Balaban J connectivity index is 2.16. The fourth-order valence-electron chi connectivity index (χ4n) is 1.20. The summed E-state index contributed by atoms with van der Waals surface area (Å²) in [5, 5.41) is 0. The highest BCUT2D eigenvalue weighted by Gasteiger charge is 2.01. The number of ether oxygens (including phenoxy) is 1. The maximum atomic E-state index is 11.0. The molecule has 0 heterocycles. The number of thioether (sulfide) groups is 1. The maximum absolute atomic E-state index is 11.0. The third-order valence-electron chi connectivity index (χ3n) is 1.97. The molecule has 1 aromatic rings. The van der Waals surface area contributed by atoms with Gasteiger partial charge in [0.05, 0.1) is 12.4 Å². The average Bonchev–Trinajstić information content (AvgIpc) is 2.27. The Morgan fingerprint density at radius 1 is 1.38 bits per heavy atom. The predicted octanol–water partition coefficient (Wildman–Crippen LogP) is 3.29. The standard InChI is InChI=1S/C12H15BrO2S/c1-2-15-12(14)9-16-8-7-10-3-5-11(13)6-4-10/h3-6H,2,7-9H2,1H3. The summed E-state index contributed by atoms with van der Waals surface area (Å²) in [6.07, 6.45) is 0.983. The van der Waals surface area contributed by atoms with Crippen LogP contribution in [0.1, 0.15) is 12.5 Å². The van der Waals surface area contributed by atoms with Gasteiger partial charge in [0, 0.05) is 4.47 Å². The van der Waals surface area contributed by atoms with Gasteiger partial charge in [0.1, 0.15) is 0 Å². The van der Waals surface area contributed by atoms with Crippen LogP contribution < -0.4 is 0 Å². The van der Waals surface area contributed by atoms with Crippen molar-refractivity contribution in [2.75, 3.05) is 18.1 Å². The number of aryl methyl sites for hydroxylation is 1. The monoisotopic (exact) mass is 302 g/mol. The number of carbonyl (C=O) groups excluding carboxylic acids is 1. The van der Waals surface area contributed by atoms with Crippen LogP contribution in [-0.2, 0) is 16.0 Å². The zero-order valence-electron chi connectivity index (χ0n) is 9.24. The lowest BCUT2D eigenvalue weighted by Gasteiger charge is -2.02. The number of hydrogen-bond acceptors (Lipinski definition) is 3. The fourth-order valence-corrected chi connectivity index (χ4v) is 2.24. The first-order chi connectivity index (χ1) is 7.72. The van der Waals surface area contributed by atoms with E-state index in [9.17, 15) is 4.79 Å². The normalized spacial score (nSPS) is 10.1. The Hall–Kier alpha value is -0.480. The van der Waals surface area contributed by atoms with Gasteiger partial charge < -0.3 is 4.74 Å². The van der Waals surface area contributed by atoms with Gasteiger partial charge in [0.2, 0.25) is 0 Å². The molecule has 0 fully saturated rings. The van der Waals surface area contributed by atoms with Crippen molar-refractivity contribution in [1.29, 1.82) is 0 Å². The third kappa shape index (κ3) is 5.56. The topological polar surface area (TPSA) is 26.3 Å². The molecule has 0 saturated heterocycles. The van der Waals surface area contributed by atoms with E-state index in [1.807, 2.05) is 19.1 Å². The summed E-state index contributed by atoms with van der Waals surface area (Å²) in [6, 6.07) is 8.25. The predicted molar refractivity (Wildman–Crippen MR) is 71.8 cm³/mol. The average molecular weight is 303 g/mol. The number of carbonyl (C=O) groups is 1. The molecule has 0 saturated carbocycles. The number of rotatable bonds is 6. The Morgan fingerprint density at radius 2 is 2.06 bits per heavy atom. The second-order valence-electron chi connectivity index (χ2n) is 3.23. The summed E-state index contributed by atoms with van der Waals surface area (Å²) in [5.74, 6) is 1.27. The molecule has 0 radical (unpaired) electrons. The molecule has 2 nitrogen and oxygen atoms in total. The van der Waals surface area contributed by atoms with Crippen LogP contribution in [0.25, 0.3) is 0 Å². The van der Waals surface area contributed by atoms with Crippen LogP contribution in [-0.4, -0.2) is 24.1 Å². The zero-order chi connectivity index (χ0) is 11.8. The van der Waals surface area contributed by atoms with E-state index in [0.29, 0.717) is 12.4 Å². The summed E-state index contributed by atoms with van der Waals surface area (Å²) >= 11 is 5.01. The van der Waals surface area contributed by atoms with Crippen LogP contribution in [0.2, 0.25) is 0 Å². The van der Waals surface area contributed by atoms with Gasteiger partial charge in [-0.05, 0) is 36.8 Å². The van der Waals surface area contributed by atoms with Crippen LogP contribution in [0.4, 0.5) is 0 Å². The SMILES string of the molecule is CCOC(=O)CSCCc1ccc(Br)cc1.